The topological polar surface area (TPSA) is 23.5 Å². The van der Waals surface area contributed by atoms with Crippen molar-refractivity contribution >= 4 is 0 Å². The van der Waals surface area contributed by atoms with Crippen LogP contribution >= 0.6 is 0 Å². The Kier molecular flexibility index (Phi) is 2.69. The van der Waals surface area contributed by atoms with E-state index in [2.05, 4.69) is 18.7 Å². The van der Waals surface area contributed by atoms with Crippen LogP contribution in [-0.4, -0.2) is 35.2 Å². The zero-order chi connectivity index (χ0) is 7.56. The van der Waals surface area contributed by atoms with Crippen molar-refractivity contribution in [3.8, 4) is 0 Å². The maximum Gasteiger partial charge on any atom is 0.0586 e. The Labute approximate surface area is 62.8 Å². The molecule has 2 heteroatoms. The van der Waals surface area contributed by atoms with Crippen LogP contribution < -0.4 is 0 Å². The van der Waals surface area contributed by atoms with Gasteiger partial charge in [0.2, 0.25) is 0 Å². The zero-order valence-electron chi connectivity index (χ0n) is 6.88. The minimum Gasteiger partial charge on any atom is -0.395 e. The van der Waals surface area contributed by atoms with E-state index >= 15 is 0 Å². The average Bonchev–Trinajstić information content (AvgIpc) is 2.33. The number of aliphatic hydroxyl groups is 1. The molecule has 1 aliphatic heterocycles. The zero-order valence-corrected chi connectivity index (χ0v) is 6.88. The van der Waals surface area contributed by atoms with E-state index in [4.69, 9.17) is 5.11 Å². The van der Waals surface area contributed by atoms with Gasteiger partial charge in [0.05, 0.1) is 6.61 Å². The van der Waals surface area contributed by atoms with Crippen molar-refractivity contribution in [2.45, 2.75) is 38.8 Å². The second kappa shape index (κ2) is 3.35. The van der Waals surface area contributed by atoms with E-state index in [0.717, 1.165) is 0 Å². The van der Waals surface area contributed by atoms with E-state index in [0.29, 0.717) is 18.7 Å². The molecule has 0 bridgehead atoms. The lowest BCUT2D eigenvalue weighted by Crippen LogP contribution is -2.37. The minimum atomic E-state index is 0.332. The molecule has 0 aliphatic carbocycles. The molecule has 60 valence electrons. The molecule has 1 heterocycles. The summed E-state index contributed by atoms with van der Waals surface area (Å²) in [6.45, 7) is 5.88. The summed E-state index contributed by atoms with van der Waals surface area (Å²) in [5.41, 5.74) is 0. The van der Waals surface area contributed by atoms with Gasteiger partial charge >= 0.3 is 0 Å². The standard InChI is InChI=1S/C8H17NO/c1-7(2)9-5-3-4-8(9)6-10/h7-8,10H,3-6H2,1-2H3/t8-/m0/s1. The molecule has 0 aromatic rings. The smallest absolute Gasteiger partial charge is 0.0586 e. The first kappa shape index (κ1) is 8.02. The second-order valence-electron chi connectivity index (χ2n) is 3.31. The molecular formula is C8H17NO. The van der Waals surface area contributed by atoms with Crippen LogP contribution in [0.5, 0.6) is 0 Å². The van der Waals surface area contributed by atoms with Gasteiger partial charge in [-0.25, -0.2) is 0 Å². The number of rotatable bonds is 2. The Balaban J connectivity index is 2.42. The Morgan fingerprint density at radius 2 is 2.30 bits per heavy atom. The summed E-state index contributed by atoms with van der Waals surface area (Å²) in [4.78, 5) is 2.38. The van der Waals surface area contributed by atoms with Crippen LogP contribution in [-0.2, 0) is 0 Å². The molecule has 0 amide bonds. The van der Waals surface area contributed by atoms with Crippen molar-refractivity contribution in [2.75, 3.05) is 13.2 Å². The normalized spacial score (nSPS) is 28.2. The third-order valence-electron chi connectivity index (χ3n) is 2.30. The molecule has 1 aliphatic rings. The Bertz CT molecular complexity index is 103. The van der Waals surface area contributed by atoms with Gasteiger partial charge in [0.15, 0.2) is 0 Å². The summed E-state index contributed by atoms with van der Waals surface area (Å²) in [6.07, 6.45) is 2.43. The van der Waals surface area contributed by atoms with Gasteiger partial charge in [-0.1, -0.05) is 0 Å². The SMILES string of the molecule is CC(C)N1CCC[C@H]1CO. The van der Waals surface area contributed by atoms with Crippen LogP contribution in [0.3, 0.4) is 0 Å². The number of hydrogen-bond donors (Lipinski definition) is 1. The maximum absolute atomic E-state index is 8.94. The quantitative estimate of drug-likeness (QED) is 0.619. The summed E-state index contributed by atoms with van der Waals surface area (Å²) < 4.78 is 0. The van der Waals surface area contributed by atoms with E-state index < -0.39 is 0 Å². The average molecular weight is 143 g/mol. The number of hydrogen-bond acceptors (Lipinski definition) is 2. The van der Waals surface area contributed by atoms with E-state index in [1.54, 1.807) is 0 Å². The number of aliphatic hydroxyl groups excluding tert-OH is 1. The summed E-state index contributed by atoms with van der Waals surface area (Å²) >= 11 is 0. The van der Waals surface area contributed by atoms with Gasteiger partial charge in [0.25, 0.3) is 0 Å². The van der Waals surface area contributed by atoms with Crippen LogP contribution in [0.1, 0.15) is 26.7 Å². The second-order valence-corrected chi connectivity index (χ2v) is 3.31. The Hall–Kier alpha value is -0.0800. The summed E-state index contributed by atoms with van der Waals surface area (Å²) in [6, 6.07) is 1.04. The first-order valence-corrected chi connectivity index (χ1v) is 4.12. The molecule has 0 radical (unpaired) electrons. The number of likely N-dealkylation sites (tertiary alicyclic amines) is 1. The van der Waals surface area contributed by atoms with Crippen LogP contribution in [0.2, 0.25) is 0 Å². The molecule has 0 saturated carbocycles. The van der Waals surface area contributed by atoms with Crippen molar-refractivity contribution < 1.29 is 5.11 Å². The molecular weight excluding hydrogens is 126 g/mol. The fraction of sp³-hybridized carbons (Fsp3) is 1.00. The molecule has 0 aromatic heterocycles. The van der Waals surface area contributed by atoms with Gasteiger partial charge < -0.3 is 5.11 Å². The molecule has 0 aromatic carbocycles. The van der Waals surface area contributed by atoms with Crippen LogP contribution in [0.15, 0.2) is 0 Å². The highest BCUT2D eigenvalue weighted by Gasteiger charge is 2.25. The predicted molar refractivity (Wildman–Crippen MR) is 41.9 cm³/mol. The lowest BCUT2D eigenvalue weighted by Gasteiger charge is -2.26. The van der Waals surface area contributed by atoms with Crippen LogP contribution in [0.4, 0.5) is 0 Å². The van der Waals surface area contributed by atoms with Gasteiger partial charge in [-0.2, -0.15) is 0 Å². The summed E-state index contributed by atoms with van der Waals surface area (Å²) in [7, 11) is 0. The first-order valence-electron chi connectivity index (χ1n) is 4.12. The van der Waals surface area contributed by atoms with E-state index in [1.165, 1.54) is 19.4 Å². The summed E-state index contributed by atoms with van der Waals surface area (Å²) in [5.74, 6) is 0. The van der Waals surface area contributed by atoms with Crippen molar-refractivity contribution in [3.63, 3.8) is 0 Å². The van der Waals surface area contributed by atoms with Crippen LogP contribution in [0.25, 0.3) is 0 Å². The highest BCUT2D eigenvalue weighted by Crippen LogP contribution is 2.18. The fourth-order valence-electron chi connectivity index (χ4n) is 1.73. The third-order valence-corrected chi connectivity index (χ3v) is 2.30. The lowest BCUT2D eigenvalue weighted by atomic mass is 10.2. The molecule has 1 rings (SSSR count). The van der Waals surface area contributed by atoms with Crippen molar-refractivity contribution in [1.82, 2.24) is 4.90 Å². The van der Waals surface area contributed by atoms with E-state index in [-0.39, 0.29) is 0 Å². The van der Waals surface area contributed by atoms with Crippen molar-refractivity contribution in [2.24, 2.45) is 0 Å². The first-order chi connectivity index (χ1) is 4.75. The van der Waals surface area contributed by atoms with E-state index in [9.17, 15) is 0 Å². The molecule has 2 nitrogen and oxygen atoms in total. The van der Waals surface area contributed by atoms with Gasteiger partial charge in [-0.15, -0.1) is 0 Å². The van der Waals surface area contributed by atoms with Gasteiger partial charge in [0, 0.05) is 12.1 Å². The minimum absolute atomic E-state index is 0.332. The molecule has 1 N–H and O–H groups in total. The highest BCUT2D eigenvalue weighted by molar-refractivity contribution is 4.80. The molecule has 1 saturated heterocycles. The molecule has 0 spiro atoms. The highest BCUT2D eigenvalue weighted by atomic mass is 16.3. The van der Waals surface area contributed by atoms with Gasteiger partial charge in [-0.3, -0.25) is 4.90 Å². The van der Waals surface area contributed by atoms with Crippen LogP contribution in [0, 0.1) is 0 Å². The third kappa shape index (κ3) is 1.50. The van der Waals surface area contributed by atoms with Crippen molar-refractivity contribution in [1.29, 1.82) is 0 Å². The largest absolute Gasteiger partial charge is 0.395 e. The molecule has 0 unspecified atom stereocenters. The van der Waals surface area contributed by atoms with Gasteiger partial charge in [0.1, 0.15) is 0 Å². The molecule has 1 fully saturated rings. The molecule has 10 heavy (non-hydrogen) atoms. The summed E-state index contributed by atoms with van der Waals surface area (Å²) in [5, 5.41) is 8.94. The van der Waals surface area contributed by atoms with Crippen molar-refractivity contribution in [3.05, 3.63) is 0 Å². The maximum atomic E-state index is 8.94. The molecule has 1 atom stereocenters. The number of nitrogens with zero attached hydrogens (tertiary/aromatic N) is 1. The Morgan fingerprint density at radius 1 is 1.60 bits per heavy atom. The predicted octanol–water partition coefficient (Wildman–Crippen LogP) is 0.852. The van der Waals surface area contributed by atoms with Gasteiger partial charge in [-0.05, 0) is 33.2 Å². The lowest BCUT2D eigenvalue weighted by molar-refractivity contribution is 0.133. The Morgan fingerprint density at radius 3 is 2.70 bits per heavy atom. The monoisotopic (exact) mass is 143 g/mol. The fourth-order valence-corrected chi connectivity index (χ4v) is 1.73. The van der Waals surface area contributed by atoms with E-state index in [1.807, 2.05) is 0 Å².